The standard InChI is InChI=1S/C20H22N4O5S2/c1-13-18(14(2)29-22-13)31(26,27)24-10-8-23(9-11-24)20(25)16-12-30-19(21-16)15-6-4-5-7-17(15)28-3/h4-7,12H,8-11H2,1-3H3. The summed E-state index contributed by atoms with van der Waals surface area (Å²) in [6, 6.07) is 7.50. The number of para-hydroxylation sites is 1. The zero-order valence-corrected chi connectivity index (χ0v) is 19.0. The highest BCUT2D eigenvalue weighted by Gasteiger charge is 2.34. The summed E-state index contributed by atoms with van der Waals surface area (Å²) in [5.41, 5.74) is 1.50. The molecule has 2 aromatic heterocycles. The minimum Gasteiger partial charge on any atom is -0.496 e. The third kappa shape index (κ3) is 3.95. The molecule has 0 saturated carbocycles. The maximum absolute atomic E-state index is 13.0. The summed E-state index contributed by atoms with van der Waals surface area (Å²) in [6.07, 6.45) is 0. The number of ether oxygens (including phenoxy) is 1. The lowest BCUT2D eigenvalue weighted by atomic mass is 10.2. The van der Waals surface area contributed by atoms with Crippen LogP contribution in [0.4, 0.5) is 0 Å². The Hall–Kier alpha value is -2.76. The number of carbonyl (C=O) groups is 1. The molecule has 3 heterocycles. The Morgan fingerprint density at radius 1 is 1.16 bits per heavy atom. The van der Waals surface area contributed by atoms with Gasteiger partial charge in [0.2, 0.25) is 10.0 Å². The first kappa shape index (κ1) is 21.5. The van der Waals surface area contributed by atoms with Gasteiger partial charge >= 0.3 is 0 Å². The van der Waals surface area contributed by atoms with Crippen molar-refractivity contribution >= 4 is 27.3 Å². The van der Waals surface area contributed by atoms with Crippen LogP contribution in [0.2, 0.25) is 0 Å². The summed E-state index contributed by atoms with van der Waals surface area (Å²) < 4.78 is 37.7. The fourth-order valence-electron chi connectivity index (χ4n) is 3.58. The zero-order chi connectivity index (χ0) is 22.2. The van der Waals surface area contributed by atoms with Gasteiger partial charge in [-0.15, -0.1) is 11.3 Å². The number of amides is 1. The van der Waals surface area contributed by atoms with E-state index in [-0.39, 0.29) is 42.7 Å². The van der Waals surface area contributed by atoms with E-state index in [2.05, 4.69) is 10.1 Å². The average molecular weight is 463 g/mol. The van der Waals surface area contributed by atoms with E-state index in [0.29, 0.717) is 22.1 Å². The maximum atomic E-state index is 13.0. The average Bonchev–Trinajstić information content (AvgIpc) is 3.40. The number of thiazole rings is 1. The lowest BCUT2D eigenvalue weighted by Gasteiger charge is -2.33. The second-order valence-electron chi connectivity index (χ2n) is 7.09. The molecule has 1 aromatic carbocycles. The Labute approximate surface area is 184 Å². The molecule has 1 saturated heterocycles. The summed E-state index contributed by atoms with van der Waals surface area (Å²) in [7, 11) is -2.13. The van der Waals surface area contributed by atoms with Crippen LogP contribution in [0.5, 0.6) is 5.75 Å². The molecule has 1 amide bonds. The monoisotopic (exact) mass is 462 g/mol. The summed E-state index contributed by atoms with van der Waals surface area (Å²) in [4.78, 5) is 19.2. The number of methoxy groups -OCH3 is 1. The lowest BCUT2D eigenvalue weighted by molar-refractivity contribution is 0.0692. The quantitative estimate of drug-likeness (QED) is 0.574. The number of piperazine rings is 1. The van der Waals surface area contributed by atoms with Gasteiger partial charge < -0.3 is 14.2 Å². The molecule has 9 nitrogen and oxygen atoms in total. The van der Waals surface area contributed by atoms with Crippen molar-refractivity contribution in [2.45, 2.75) is 18.7 Å². The van der Waals surface area contributed by atoms with Gasteiger partial charge in [-0.25, -0.2) is 13.4 Å². The van der Waals surface area contributed by atoms with E-state index >= 15 is 0 Å². The van der Waals surface area contributed by atoms with Crippen molar-refractivity contribution in [1.29, 1.82) is 0 Å². The second kappa shape index (κ2) is 8.40. The van der Waals surface area contributed by atoms with Crippen LogP contribution in [0.25, 0.3) is 10.6 Å². The number of benzene rings is 1. The molecule has 164 valence electrons. The minimum atomic E-state index is -3.72. The molecule has 1 aliphatic rings. The van der Waals surface area contributed by atoms with E-state index < -0.39 is 10.0 Å². The Morgan fingerprint density at radius 3 is 2.52 bits per heavy atom. The van der Waals surface area contributed by atoms with E-state index in [4.69, 9.17) is 9.26 Å². The first-order valence-corrected chi connectivity index (χ1v) is 12.0. The highest BCUT2D eigenvalue weighted by atomic mass is 32.2. The second-order valence-corrected chi connectivity index (χ2v) is 9.82. The summed E-state index contributed by atoms with van der Waals surface area (Å²) in [5.74, 6) is 0.739. The number of sulfonamides is 1. The zero-order valence-electron chi connectivity index (χ0n) is 17.4. The molecule has 0 N–H and O–H groups in total. The van der Waals surface area contributed by atoms with Gasteiger partial charge in [0.15, 0.2) is 5.76 Å². The Bertz CT molecular complexity index is 1190. The van der Waals surface area contributed by atoms with E-state index in [0.717, 1.165) is 5.56 Å². The summed E-state index contributed by atoms with van der Waals surface area (Å²) >= 11 is 1.37. The molecule has 1 aliphatic heterocycles. The number of hydrogen-bond donors (Lipinski definition) is 0. The van der Waals surface area contributed by atoms with E-state index in [1.807, 2.05) is 24.3 Å². The molecular formula is C20H22N4O5S2. The molecular weight excluding hydrogens is 440 g/mol. The number of hydrogen-bond acceptors (Lipinski definition) is 8. The number of nitrogens with zero attached hydrogens (tertiary/aromatic N) is 4. The van der Waals surface area contributed by atoms with Crippen molar-refractivity contribution in [2.75, 3.05) is 33.3 Å². The van der Waals surface area contributed by atoms with E-state index in [1.165, 1.54) is 15.6 Å². The smallest absolute Gasteiger partial charge is 0.273 e. The number of aryl methyl sites for hydroxylation is 2. The number of carbonyl (C=O) groups excluding carboxylic acids is 1. The summed E-state index contributed by atoms with van der Waals surface area (Å²) in [6.45, 7) is 4.13. The molecule has 0 atom stereocenters. The highest BCUT2D eigenvalue weighted by molar-refractivity contribution is 7.89. The van der Waals surface area contributed by atoms with Gasteiger partial charge in [0.1, 0.15) is 27.0 Å². The molecule has 1 fully saturated rings. The van der Waals surface area contributed by atoms with Crippen molar-refractivity contribution in [3.8, 4) is 16.3 Å². The van der Waals surface area contributed by atoms with E-state index in [9.17, 15) is 13.2 Å². The predicted octanol–water partition coefficient (Wildman–Crippen LogP) is 2.57. The fourth-order valence-corrected chi connectivity index (χ4v) is 6.12. The highest BCUT2D eigenvalue weighted by Crippen LogP contribution is 2.32. The Morgan fingerprint density at radius 2 is 1.87 bits per heavy atom. The molecule has 0 radical (unpaired) electrons. The first-order valence-electron chi connectivity index (χ1n) is 9.64. The van der Waals surface area contributed by atoms with Gasteiger partial charge in [0, 0.05) is 31.6 Å². The predicted molar refractivity (Wildman–Crippen MR) is 115 cm³/mol. The van der Waals surface area contributed by atoms with Crippen LogP contribution in [0.15, 0.2) is 39.1 Å². The SMILES string of the molecule is COc1ccccc1-c1nc(C(=O)N2CCN(S(=O)(=O)c3c(C)noc3C)CC2)cs1. The van der Waals surface area contributed by atoms with Crippen LogP contribution in [-0.4, -0.2) is 67.0 Å². The first-order chi connectivity index (χ1) is 14.8. The molecule has 0 unspecified atom stereocenters. The van der Waals surface area contributed by atoms with Crippen molar-refractivity contribution in [3.63, 3.8) is 0 Å². The van der Waals surface area contributed by atoms with Gasteiger partial charge in [-0.3, -0.25) is 4.79 Å². The van der Waals surface area contributed by atoms with Gasteiger partial charge in [-0.2, -0.15) is 4.31 Å². The van der Waals surface area contributed by atoms with Gasteiger partial charge in [0.05, 0.1) is 12.7 Å². The maximum Gasteiger partial charge on any atom is 0.273 e. The third-order valence-corrected chi connectivity index (χ3v) is 8.17. The molecule has 3 aromatic rings. The van der Waals surface area contributed by atoms with Crippen molar-refractivity contribution < 1.29 is 22.5 Å². The fraction of sp³-hybridized carbons (Fsp3) is 0.350. The Balaban J connectivity index is 1.46. The topological polar surface area (TPSA) is 106 Å². The molecule has 4 rings (SSSR count). The lowest BCUT2D eigenvalue weighted by Crippen LogP contribution is -2.50. The van der Waals surface area contributed by atoms with Crippen LogP contribution in [-0.2, 0) is 10.0 Å². The summed E-state index contributed by atoms with van der Waals surface area (Å²) in [5, 5.41) is 6.15. The normalized spacial score (nSPS) is 15.3. The molecule has 31 heavy (non-hydrogen) atoms. The van der Waals surface area contributed by atoms with Gasteiger partial charge in [0.25, 0.3) is 5.91 Å². The molecule has 11 heteroatoms. The van der Waals surface area contributed by atoms with Crippen LogP contribution in [0, 0.1) is 13.8 Å². The van der Waals surface area contributed by atoms with Gasteiger partial charge in [-0.05, 0) is 26.0 Å². The minimum absolute atomic E-state index is 0.105. The van der Waals surface area contributed by atoms with Crippen LogP contribution in [0.1, 0.15) is 21.9 Å². The molecule has 0 spiro atoms. The van der Waals surface area contributed by atoms with Crippen LogP contribution < -0.4 is 4.74 Å². The van der Waals surface area contributed by atoms with Gasteiger partial charge in [-0.1, -0.05) is 17.3 Å². The molecule has 0 aliphatic carbocycles. The van der Waals surface area contributed by atoms with Crippen molar-refractivity contribution in [3.05, 3.63) is 46.8 Å². The van der Waals surface area contributed by atoms with Crippen molar-refractivity contribution in [2.24, 2.45) is 0 Å². The third-order valence-electron chi connectivity index (χ3n) is 5.15. The van der Waals surface area contributed by atoms with Crippen LogP contribution >= 0.6 is 11.3 Å². The van der Waals surface area contributed by atoms with E-state index in [1.54, 1.807) is 31.2 Å². The Kier molecular flexibility index (Phi) is 5.82. The number of aromatic nitrogens is 2. The van der Waals surface area contributed by atoms with Crippen molar-refractivity contribution in [1.82, 2.24) is 19.3 Å². The molecule has 0 bridgehead atoms. The number of rotatable bonds is 5. The van der Waals surface area contributed by atoms with Crippen LogP contribution in [0.3, 0.4) is 0 Å². The largest absolute Gasteiger partial charge is 0.496 e.